The number of piperazine rings is 1. The van der Waals surface area contributed by atoms with Gasteiger partial charge in [0.05, 0.1) is 4.92 Å². The lowest BCUT2D eigenvalue weighted by atomic mass is 10.2. The van der Waals surface area contributed by atoms with Crippen LogP contribution in [0.4, 0.5) is 15.8 Å². The molecule has 10 heteroatoms. The van der Waals surface area contributed by atoms with Gasteiger partial charge in [-0.05, 0) is 43.3 Å². The van der Waals surface area contributed by atoms with Crippen LogP contribution >= 0.6 is 0 Å². The molecule has 1 aliphatic heterocycles. The highest BCUT2D eigenvalue weighted by molar-refractivity contribution is 7.89. The van der Waals surface area contributed by atoms with E-state index in [9.17, 15) is 22.9 Å². The van der Waals surface area contributed by atoms with Gasteiger partial charge in [0.2, 0.25) is 10.0 Å². The molecule has 1 N–H and O–H groups in total. The van der Waals surface area contributed by atoms with E-state index in [4.69, 9.17) is 0 Å². The Labute approximate surface area is 169 Å². The van der Waals surface area contributed by atoms with Gasteiger partial charge in [-0.1, -0.05) is 12.1 Å². The molecular formula is C19H23FN4O4S. The lowest BCUT2D eigenvalue weighted by Crippen LogP contribution is -2.47. The van der Waals surface area contributed by atoms with E-state index in [0.29, 0.717) is 6.42 Å². The van der Waals surface area contributed by atoms with Crippen molar-refractivity contribution in [1.82, 2.24) is 9.62 Å². The number of nitrogens with zero attached hydrogens (tertiary/aromatic N) is 3. The fourth-order valence-corrected chi connectivity index (χ4v) is 4.55. The van der Waals surface area contributed by atoms with Gasteiger partial charge in [-0.2, -0.15) is 0 Å². The molecule has 0 spiro atoms. The van der Waals surface area contributed by atoms with Crippen LogP contribution in [0.2, 0.25) is 0 Å². The number of para-hydroxylation sites is 1. The number of halogens is 1. The van der Waals surface area contributed by atoms with E-state index in [1.165, 1.54) is 36.4 Å². The smallest absolute Gasteiger partial charge is 0.289 e. The summed E-state index contributed by atoms with van der Waals surface area (Å²) in [7, 11) is -3.94. The van der Waals surface area contributed by atoms with Gasteiger partial charge in [-0.15, -0.1) is 0 Å². The zero-order valence-electron chi connectivity index (χ0n) is 15.8. The maximum Gasteiger partial charge on any atom is 0.289 e. The Morgan fingerprint density at radius 1 is 1.03 bits per heavy atom. The molecule has 0 amide bonds. The first-order valence-electron chi connectivity index (χ1n) is 9.33. The molecule has 0 atom stereocenters. The van der Waals surface area contributed by atoms with Gasteiger partial charge < -0.3 is 4.90 Å². The van der Waals surface area contributed by atoms with Crippen LogP contribution in [0.25, 0.3) is 0 Å². The zero-order valence-corrected chi connectivity index (χ0v) is 16.6. The maximum absolute atomic E-state index is 13.0. The van der Waals surface area contributed by atoms with Crippen molar-refractivity contribution in [1.29, 1.82) is 0 Å². The van der Waals surface area contributed by atoms with E-state index in [-0.39, 0.29) is 17.3 Å². The van der Waals surface area contributed by atoms with Crippen LogP contribution in [0.5, 0.6) is 0 Å². The molecule has 0 saturated carbocycles. The normalized spacial score (nSPS) is 15.4. The van der Waals surface area contributed by atoms with Crippen molar-refractivity contribution in [3.05, 3.63) is 64.5 Å². The minimum Gasteiger partial charge on any atom is -0.369 e. The Hall–Kier alpha value is -2.56. The number of benzene rings is 2. The molecule has 1 saturated heterocycles. The Kier molecular flexibility index (Phi) is 6.78. The summed E-state index contributed by atoms with van der Waals surface area (Å²) in [6, 6.07) is 11.7. The summed E-state index contributed by atoms with van der Waals surface area (Å²) in [5, 5.41) is 11.0. The summed E-state index contributed by atoms with van der Waals surface area (Å²) in [5.41, 5.74) is 0.556. The minimum absolute atomic E-state index is 0.201. The molecule has 3 rings (SSSR count). The minimum atomic E-state index is -3.94. The van der Waals surface area contributed by atoms with Gasteiger partial charge in [0.15, 0.2) is 4.90 Å². The van der Waals surface area contributed by atoms with Crippen molar-refractivity contribution >= 4 is 21.4 Å². The molecule has 1 heterocycles. The van der Waals surface area contributed by atoms with Crippen molar-refractivity contribution in [3.8, 4) is 0 Å². The van der Waals surface area contributed by atoms with Crippen molar-refractivity contribution < 1.29 is 17.7 Å². The molecular weight excluding hydrogens is 399 g/mol. The molecule has 0 aliphatic carbocycles. The fourth-order valence-electron chi connectivity index (χ4n) is 3.30. The van der Waals surface area contributed by atoms with Crippen LogP contribution in [0, 0.1) is 15.9 Å². The summed E-state index contributed by atoms with van der Waals surface area (Å²) < 4.78 is 40.2. The van der Waals surface area contributed by atoms with E-state index in [2.05, 4.69) is 14.5 Å². The molecule has 156 valence electrons. The molecule has 0 bridgehead atoms. The molecule has 8 nitrogen and oxygen atoms in total. The van der Waals surface area contributed by atoms with Gasteiger partial charge in [0, 0.05) is 44.5 Å². The Morgan fingerprint density at radius 3 is 2.34 bits per heavy atom. The average molecular weight is 422 g/mol. The van der Waals surface area contributed by atoms with E-state index >= 15 is 0 Å². The van der Waals surface area contributed by atoms with E-state index in [1.54, 1.807) is 12.1 Å². The predicted octanol–water partition coefficient (Wildman–Crippen LogP) is 2.22. The Bertz CT molecular complexity index is 945. The van der Waals surface area contributed by atoms with Crippen molar-refractivity contribution in [2.24, 2.45) is 0 Å². The highest BCUT2D eigenvalue weighted by Crippen LogP contribution is 2.22. The van der Waals surface area contributed by atoms with Gasteiger partial charge in [0.25, 0.3) is 5.69 Å². The number of sulfonamides is 1. The van der Waals surface area contributed by atoms with Crippen LogP contribution in [-0.2, 0) is 10.0 Å². The highest BCUT2D eigenvalue weighted by Gasteiger charge is 2.24. The van der Waals surface area contributed by atoms with E-state index < -0.39 is 20.6 Å². The van der Waals surface area contributed by atoms with Crippen LogP contribution in [0.15, 0.2) is 53.4 Å². The number of nitro benzene ring substituents is 1. The maximum atomic E-state index is 13.0. The number of anilines is 1. The van der Waals surface area contributed by atoms with Crippen LogP contribution in [-0.4, -0.2) is 57.5 Å². The first-order valence-corrected chi connectivity index (χ1v) is 10.8. The van der Waals surface area contributed by atoms with Gasteiger partial charge in [-0.25, -0.2) is 17.5 Å². The topological polar surface area (TPSA) is 95.8 Å². The second kappa shape index (κ2) is 9.29. The van der Waals surface area contributed by atoms with Crippen LogP contribution in [0.3, 0.4) is 0 Å². The predicted molar refractivity (Wildman–Crippen MR) is 108 cm³/mol. The SMILES string of the molecule is O=[N+]([O-])c1ccccc1S(=O)(=O)NCCCN1CCN(c2ccc(F)cc2)CC1. The lowest BCUT2D eigenvalue weighted by molar-refractivity contribution is -0.387. The molecule has 1 fully saturated rings. The van der Waals surface area contributed by atoms with Crippen molar-refractivity contribution in [2.45, 2.75) is 11.3 Å². The number of nitrogens with one attached hydrogen (secondary N) is 1. The van der Waals surface area contributed by atoms with Crippen LogP contribution < -0.4 is 9.62 Å². The van der Waals surface area contributed by atoms with E-state index in [1.807, 2.05) is 0 Å². The standard InChI is InChI=1S/C19H23FN4O4S/c20-16-6-8-17(9-7-16)23-14-12-22(13-15-23)11-3-10-21-29(27,28)19-5-2-1-4-18(19)24(25)26/h1-2,4-9,21H,3,10-15H2. The third kappa shape index (κ3) is 5.49. The molecule has 29 heavy (non-hydrogen) atoms. The largest absolute Gasteiger partial charge is 0.369 e. The molecule has 1 aliphatic rings. The number of hydrogen-bond acceptors (Lipinski definition) is 6. The summed E-state index contributed by atoms with van der Waals surface area (Å²) in [6.45, 7) is 4.20. The third-order valence-corrected chi connectivity index (χ3v) is 6.37. The Balaban J connectivity index is 1.44. The summed E-state index contributed by atoms with van der Waals surface area (Å²) in [5.74, 6) is -0.254. The van der Waals surface area contributed by atoms with Crippen molar-refractivity contribution in [3.63, 3.8) is 0 Å². The summed E-state index contributed by atoms with van der Waals surface area (Å²) in [6.07, 6.45) is 0.594. The summed E-state index contributed by atoms with van der Waals surface area (Å²) in [4.78, 5) is 14.4. The number of rotatable bonds is 8. The first kappa shape index (κ1) is 21.2. The molecule has 0 unspecified atom stereocenters. The number of nitro groups is 1. The Morgan fingerprint density at radius 2 is 1.69 bits per heavy atom. The van der Waals surface area contributed by atoms with Gasteiger partial charge in [0.1, 0.15) is 5.82 Å². The van der Waals surface area contributed by atoms with Gasteiger partial charge >= 0.3 is 0 Å². The lowest BCUT2D eigenvalue weighted by Gasteiger charge is -2.36. The molecule has 0 aromatic heterocycles. The second-order valence-electron chi connectivity index (χ2n) is 6.78. The highest BCUT2D eigenvalue weighted by atomic mass is 32.2. The summed E-state index contributed by atoms with van der Waals surface area (Å²) >= 11 is 0. The second-order valence-corrected chi connectivity index (χ2v) is 8.52. The zero-order chi connectivity index (χ0) is 20.9. The molecule has 2 aromatic carbocycles. The molecule has 2 aromatic rings. The molecule has 0 radical (unpaired) electrons. The fraction of sp³-hybridized carbons (Fsp3) is 0.368. The average Bonchev–Trinajstić information content (AvgIpc) is 2.72. The van der Waals surface area contributed by atoms with E-state index in [0.717, 1.165) is 38.4 Å². The third-order valence-electron chi connectivity index (χ3n) is 4.86. The first-order chi connectivity index (χ1) is 13.9. The quantitative estimate of drug-likeness (QED) is 0.398. The van der Waals surface area contributed by atoms with Crippen molar-refractivity contribution in [2.75, 3.05) is 44.2 Å². The number of hydrogen-bond donors (Lipinski definition) is 1. The van der Waals surface area contributed by atoms with Gasteiger partial charge in [-0.3, -0.25) is 15.0 Å². The monoisotopic (exact) mass is 422 g/mol. The van der Waals surface area contributed by atoms with Crippen LogP contribution in [0.1, 0.15) is 6.42 Å².